The second-order valence-electron chi connectivity index (χ2n) is 9.11. The van der Waals surface area contributed by atoms with Gasteiger partial charge in [-0.1, -0.05) is 30.3 Å². The molecule has 1 aromatic heterocycles. The fourth-order valence-corrected chi connectivity index (χ4v) is 4.43. The molecule has 0 bridgehead atoms. The molecule has 0 aliphatic heterocycles. The molecule has 0 atom stereocenters. The van der Waals surface area contributed by atoms with E-state index >= 15 is 0 Å². The minimum absolute atomic E-state index is 0.0878. The van der Waals surface area contributed by atoms with Crippen LogP contribution in [0.3, 0.4) is 0 Å². The van der Waals surface area contributed by atoms with Crippen LogP contribution >= 0.6 is 11.3 Å². The first kappa shape index (κ1) is 25.1. The molecule has 3 rings (SSSR count). The van der Waals surface area contributed by atoms with E-state index in [0.29, 0.717) is 18.7 Å². The number of benzene rings is 2. The average Bonchev–Trinajstić information content (AvgIpc) is 3.21. The van der Waals surface area contributed by atoms with Crippen LogP contribution in [0.25, 0.3) is 0 Å². The molecule has 0 saturated carbocycles. The van der Waals surface area contributed by atoms with E-state index in [1.54, 1.807) is 16.2 Å². The van der Waals surface area contributed by atoms with Crippen LogP contribution in [0.1, 0.15) is 46.4 Å². The summed E-state index contributed by atoms with van der Waals surface area (Å²) >= 11 is 1.65. The molecule has 178 valence electrons. The Hall–Kier alpha value is -3.52. The van der Waals surface area contributed by atoms with Crippen molar-refractivity contribution in [2.45, 2.75) is 46.3 Å². The van der Waals surface area contributed by atoms with Gasteiger partial charge >= 0.3 is 0 Å². The number of hydrogen-bond acceptors (Lipinski definition) is 5. The highest BCUT2D eigenvalue weighted by Gasteiger charge is 2.31. The SMILES string of the molecule is Cc1ccc(CN(Cc2ccccc2)C(=O)CN(C(=O)c2ccc([N+](=O)[O-])cc2)C(C)(C)C)s1. The second-order valence-corrected chi connectivity index (χ2v) is 10.5. The topological polar surface area (TPSA) is 83.8 Å². The predicted octanol–water partition coefficient (Wildman–Crippen LogP) is 5.43. The molecule has 1 heterocycles. The monoisotopic (exact) mass is 479 g/mol. The number of nitro groups is 1. The summed E-state index contributed by atoms with van der Waals surface area (Å²) in [7, 11) is 0. The van der Waals surface area contributed by atoms with Crippen LogP contribution in [0.2, 0.25) is 0 Å². The Bertz CT molecular complexity index is 1150. The second kappa shape index (κ2) is 10.6. The molecule has 0 saturated heterocycles. The number of nitrogens with zero attached hydrogens (tertiary/aromatic N) is 3. The van der Waals surface area contributed by atoms with Crippen LogP contribution in [-0.2, 0) is 17.9 Å². The van der Waals surface area contributed by atoms with Gasteiger partial charge in [-0.3, -0.25) is 19.7 Å². The van der Waals surface area contributed by atoms with Gasteiger partial charge in [0.1, 0.15) is 6.54 Å². The molecular weight excluding hydrogens is 450 g/mol. The van der Waals surface area contributed by atoms with Gasteiger partial charge in [0.15, 0.2) is 0 Å². The van der Waals surface area contributed by atoms with Crippen molar-refractivity contribution in [3.63, 3.8) is 0 Å². The van der Waals surface area contributed by atoms with Gasteiger partial charge in [0.05, 0.1) is 11.5 Å². The van der Waals surface area contributed by atoms with Gasteiger partial charge in [0.2, 0.25) is 5.91 Å². The maximum absolute atomic E-state index is 13.5. The number of thiophene rings is 1. The van der Waals surface area contributed by atoms with Crippen LogP contribution in [0.15, 0.2) is 66.7 Å². The van der Waals surface area contributed by atoms with Gasteiger partial charge in [-0.25, -0.2) is 0 Å². The van der Waals surface area contributed by atoms with E-state index in [9.17, 15) is 19.7 Å². The molecule has 2 aromatic carbocycles. The van der Waals surface area contributed by atoms with E-state index in [1.807, 2.05) is 70.2 Å². The zero-order chi connectivity index (χ0) is 24.9. The van der Waals surface area contributed by atoms with E-state index < -0.39 is 10.5 Å². The van der Waals surface area contributed by atoms with Gasteiger partial charge in [0, 0.05) is 39.5 Å². The fraction of sp³-hybridized carbons (Fsp3) is 0.308. The number of hydrogen-bond donors (Lipinski definition) is 0. The highest BCUT2D eigenvalue weighted by Crippen LogP contribution is 2.22. The largest absolute Gasteiger partial charge is 0.332 e. The van der Waals surface area contributed by atoms with Crippen LogP contribution in [-0.4, -0.2) is 38.6 Å². The molecule has 0 aliphatic carbocycles. The van der Waals surface area contributed by atoms with Gasteiger partial charge in [-0.05, 0) is 57.5 Å². The first-order valence-corrected chi connectivity index (χ1v) is 11.8. The molecule has 3 aromatic rings. The van der Waals surface area contributed by atoms with E-state index in [-0.39, 0.29) is 24.0 Å². The van der Waals surface area contributed by atoms with Crippen molar-refractivity contribution in [2.75, 3.05) is 6.54 Å². The summed E-state index contributed by atoms with van der Waals surface area (Å²) < 4.78 is 0. The smallest absolute Gasteiger partial charge is 0.269 e. The standard InChI is InChI=1S/C26H29N3O4S/c1-19-10-15-23(34-19)17-27(16-20-8-6-5-7-9-20)24(30)18-28(26(2,3)4)25(31)21-11-13-22(14-12-21)29(32)33/h5-15H,16-18H2,1-4H3. The van der Waals surface area contributed by atoms with Gasteiger partial charge in [-0.2, -0.15) is 0 Å². The Labute approximate surface area is 203 Å². The Morgan fingerprint density at radius 1 is 0.941 bits per heavy atom. The number of carbonyl (C=O) groups excluding carboxylic acids is 2. The molecule has 0 spiro atoms. The molecule has 0 N–H and O–H groups in total. The zero-order valence-corrected chi connectivity index (χ0v) is 20.7. The first-order chi connectivity index (χ1) is 16.0. The Balaban J connectivity index is 1.85. The van der Waals surface area contributed by atoms with E-state index in [0.717, 1.165) is 10.4 Å². The normalized spacial score (nSPS) is 11.2. The average molecular weight is 480 g/mol. The molecule has 34 heavy (non-hydrogen) atoms. The van der Waals surface area contributed by atoms with Crippen molar-refractivity contribution in [1.82, 2.24) is 9.80 Å². The lowest BCUT2D eigenvalue weighted by Gasteiger charge is -2.37. The number of nitro benzene ring substituents is 1. The minimum atomic E-state index is -0.632. The summed E-state index contributed by atoms with van der Waals surface area (Å²) in [6, 6.07) is 19.3. The highest BCUT2D eigenvalue weighted by atomic mass is 32.1. The van der Waals surface area contributed by atoms with Crippen LogP contribution in [0.5, 0.6) is 0 Å². The molecule has 8 heteroatoms. The summed E-state index contributed by atoms with van der Waals surface area (Å²) in [4.78, 5) is 42.9. The molecule has 2 amide bonds. The van der Waals surface area contributed by atoms with Gasteiger partial charge in [0.25, 0.3) is 11.6 Å². The van der Waals surface area contributed by atoms with Crippen LogP contribution in [0.4, 0.5) is 5.69 Å². The van der Waals surface area contributed by atoms with Crippen molar-refractivity contribution >= 4 is 28.8 Å². The molecule has 7 nitrogen and oxygen atoms in total. The predicted molar refractivity (Wildman–Crippen MR) is 134 cm³/mol. The zero-order valence-electron chi connectivity index (χ0n) is 19.9. The summed E-state index contributed by atoms with van der Waals surface area (Å²) in [6.45, 7) is 8.42. The summed E-state index contributed by atoms with van der Waals surface area (Å²) in [5.74, 6) is -0.512. The number of carbonyl (C=O) groups is 2. The van der Waals surface area contributed by atoms with Crippen LogP contribution in [0, 0.1) is 17.0 Å². The minimum Gasteiger partial charge on any atom is -0.332 e. The van der Waals surface area contributed by atoms with Gasteiger partial charge in [-0.15, -0.1) is 11.3 Å². The van der Waals surface area contributed by atoms with E-state index in [1.165, 1.54) is 34.0 Å². The van der Waals surface area contributed by atoms with Crippen molar-refractivity contribution in [3.05, 3.63) is 97.7 Å². The lowest BCUT2D eigenvalue weighted by atomic mass is 10.0. The molecular formula is C26H29N3O4S. The number of rotatable bonds is 8. The lowest BCUT2D eigenvalue weighted by molar-refractivity contribution is -0.384. The van der Waals surface area contributed by atoms with Crippen molar-refractivity contribution < 1.29 is 14.5 Å². The number of amides is 2. The van der Waals surface area contributed by atoms with E-state index in [2.05, 4.69) is 0 Å². The van der Waals surface area contributed by atoms with Crippen LogP contribution < -0.4 is 0 Å². The molecule has 0 unspecified atom stereocenters. The third kappa shape index (κ3) is 6.51. The van der Waals surface area contributed by atoms with E-state index in [4.69, 9.17) is 0 Å². The number of aryl methyl sites for hydroxylation is 1. The quantitative estimate of drug-likeness (QED) is 0.318. The van der Waals surface area contributed by atoms with Crippen molar-refractivity contribution in [3.8, 4) is 0 Å². The fourth-order valence-electron chi connectivity index (χ4n) is 3.52. The molecule has 0 radical (unpaired) electrons. The third-order valence-corrected chi connectivity index (χ3v) is 6.37. The molecule has 0 aliphatic rings. The number of non-ortho nitro benzene ring substituents is 1. The van der Waals surface area contributed by atoms with Gasteiger partial charge < -0.3 is 9.80 Å². The van der Waals surface area contributed by atoms with Crippen molar-refractivity contribution in [1.29, 1.82) is 0 Å². The first-order valence-electron chi connectivity index (χ1n) is 11.0. The maximum atomic E-state index is 13.5. The highest BCUT2D eigenvalue weighted by molar-refractivity contribution is 7.11. The third-order valence-electron chi connectivity index (χ3n) is 5.39. The Morgan fingerprint density at radius 2 is 1.59 bits per heavy atom. The summed E-state index contributed by atoms with van der Waals surface area (Å²) in [6.07, 6.45) is 0. The van der Waals surface area contributed by atoms with Crippen molar-refractivity contribution in [2.24, 2.45) is 0 Å². The Kier molecular flexibility index (Phi) is 7.83. The maximum Gasteiger partial charge on any atom is 0.269 e. The molecule has 0 fully saturated rings. The summed E-state index contributed by atoms with van der Waals surface area (Å²) in [5, 5.41) is 11.0. The lowest BCUT2D eigenvalue weighted by Crippen LogP contribution is -2.51. The summed E-state index contributed by atoms with van der Waals surface area (Å²) in [5.41, 5.74) is 0.590. The Morgan fingerprint density at radius 3 is 2.12 bits per heavy atom.